The minimum atomic E-state index is 0. The standard InChI is InChI=1S/C17H37P.ClH/c1-5-9-13-16(12-8-4)17(18,14-10-6-2)15-11-7-3;/h16H,5-15,18H2,1-4H3;1H. The van der Waals surface area contributed by atoms with Gasteiger partial charge in [0.15, 0.2) is 0 Å². The van der Waals surface area contributed by atoms with Crippen LogP contribution in [0.4, 0.5) is 0 Å². The van der Waals surface area contributed by atoms with Crippen molar-refractivity contribution in [3.8, 4) is 0 Å². The molecule has 118 valence electrons. The van der Waals surface area contributed by atoms with Gasteiger partial charge >= 0.3 is 0 Å². The molecule has 2 heteroatoms. The molecule has 0 aliphatic heterocycles. The van der Waals surface area contributed by atoms with Gasteiger partial charge in [0.2, 0.25) is 0 Å². The van der Waals surface area contributed by atoms with E-state index in [-0.39, 0.29) is 12.4 Å². The van der Waals surface area contributed by atoms with Crippen molar-refractivity contribution in [1.82, 2.24) is 0 Å². The van der Waals surface area contributed by atoms with Crippen molar-refractivity contribution >= 4 is 21.6 Å². The highest BCUT2D eigenvalue weighted by Gasteiger charge is 2.31. The summed E-state index contributed by atoms with van der Waals surface area (Å²) in [6.45, 7) is 9.33. The molecule has 0 aromatic rings. The third-order valence-corrected chi connectivity index (χ3v) is 5.40. The maximum absolute atomic E-state index is 3.30. The first-order chi connectivity index (χ1) is 8.64. The van der Waals surface area contributed by atoms with Crippen molar-refractivity contribution in [2.45, 2.75) is 103 Å². The molecule has 0 aromatic carbocycles. The maximum Gasteiger partial charge on any atom is -0.0122 e. The van der Waals surface area contributed by atoms with Crippen LogP contribution in [0.1, 0.15) is 98.3 Å². The highest BCUT2D eigenvalue weighted by Crippen LogP contribution is 2.43. The number of rotatable bonds is 12. The number of hydrogen-bond acceptors (Lipinski definition) is 0. The van der Waals surface area contributed by atoms with Gasteiger partial charge in [-0.15, -0.1) is 21.6 Å². The van der Waals surface area contributed by atoms with Crippen molar-refractivity contribution in [1.29, 1.82) is 0 Å². The zero-order valence-corrected chi connectivity index (χ0v) is 15.8. The Labute approximate surface area is 131 Å². The Morgan fingerprint density at radius 3 is 1.58 bits per heavy atom. The molecule has 0 aliphatic carbocycles. The van der Waals surface area contributed by atoms with Crippen LogP contribution in [0.2, 0.25) is 0 Å². The summed E-state index contributed by atoms with van der Waals surface area (Å²) in [4.78, 5) is 0. The molecule has 0 saturated carbocycles. The average molecular weight is 309 g/mol. The lowest BCUT2D eigenvalue weighted by Crippen LogP contribution is -2.31. The minimum Gasteiger partial charge on any atom is -0.147 e. The van der Waals surface area contributed by atoms with Gasteiger partial charge in [0.25, 0.3) is 0 Å². The molecule has 0 bridgehead atoms. The second-order valence-electron chi connectivity index (χ2n) is 6.07. The maximum atomic E-state index is 3.30. The van der Waals surface area contributed by atoms with E-state index < -0.39 is 0 Å². The fourth-order valence-electron chi connectivity index (χ4n) is 3.06. The Kier molecular flexibility index (Phi) is 15.9. The summed E-state index contributed by atoms with van der Waals surface area (Å²) in [7, 11) is 3.30. The first-order valence-electron chi connectivity index (χ1n) is 8.43. The van der Waals surface area contributed by atoms with Crippen LogP contribution < -0.4 is 0 Å². The lowest BCUT2D eigenvalue weighted by Gasteiger charge is -2.38. The number of hydrogen-bond donors (Lipinski definition) is 0. The van der Waals surface area contributed by atoms with Crippen LogP contribution in [-0.4, -0.2) is 5.16 Å². The number of unbranched alkanes of at least 4 members (excludes halogenated alkanes) is 3. The predicted molar refractivity (Wildman–Crippen MR) is 96.7 cm³/mol. The van der Waals surface area contributed by atoms with E-state index in [1.165, 1.54) is 70.6 Å². The normalized spacial score (nSPS) is 13.1. The van der Waals surface area contributed by atoms with Crippen LogP contribution in [0.25, 0.3) is 0 Å². The summed E-state index contributed by atoms with van der Waals surface area (Å²) in [5.41, 5.74) is 0. The topological polar surface area (TPSA) is 0 Å². The third-order valence-electron chi connectivity index (χ3n) is 4.35. The molecule has 2 unspecified atom stereocenters. The molecule has 0 amide bonds. The second kappa shape index (κ2) is 13.7. The Morgan fingerprint density at radius 1 is 0.737 bits per heavy atom. The molecule has 0 saturated heterocycles. The van der Waals surface area contributed by atoms with Gasteiger partial charge in [-0.2, -0.15) is 0 Å². The van der Waals surface area contributed by atoms with Crippen molar-refractivity contribution in [2.24, 2.45) is 5.92 Å². The molecule has 0 N–H and O–H groups in total. The summed E-state index contributed by atoms with van der Waals surface area (Å²) in [5, 5.41) is 0.539. The molecule has 0 spiro atoms. The monoisotopic (exact) mass is 308 g/mol. The quantitative estimate of drug-likeness (QED) is 0.340. The molecular weight excluding hydrogens is 271 g/mol. The Morgan fingerprint density at radius 2 is 1.21 bits per heavy atom. The van der Waals surface area contributed by atoms with Gasteiger partial charge in [-0.05, 0) is 36.8 Å². The molecule has 0 radical (unpaired) electrons. The smallest absolute Gasteiger partial charge is 0.0122 e. The lowest BCUT2D eigenvalue weighted by molar-refractivity contribution is 0.280. The first-order valence-corrected chi connectivity index (χ1v) is 9.01. The molecule has 0 aliphatic rings. The van der Waals surface area contributed by atoms with Gasteiger partial charge in [0, 0.05) is 0 Å². The Balaban J connectivity index is 0. The van der Waals surface area contributed by atoms with Crippen molar-refractivity contribution in [2.75, 3.05) is 0 Å². The zero-order valence-electron chi connectivity index (χ0n) is 13.8. The van der Waals surface area contributed by atoms with E-state index in [0.717, 1.165) is 5.92 Å². The van der Waals surface area contributed by atoms with Crippen molar-refractivity contribution in [3.05, 3.63) is 0 Å². The molecule has 0 nitrogen and oxygen atoms in total. The average Bonchev–Trinajstić information content (AvgIpc) is 2.38. The van der Waals surface area contributed by atoms with E-state index in [9.17, 15) is 0 Å². The van der Waals surface area contributed by atoms with Gasteiger partial charge in [-0.3, -0.25) is 0 Å². The van der Waals surface area contributed by atoms with Gasteiger partial charge in [-0.1, -0.05) is 72.6 Å². The van der Waals surface area contributed by atoms with Crippen LogP contribution in [0.3, 0.4) is 0 Å². The fraction of sp³-hybridized carbons (Fsp3) is 1.00. The van der Waals surface area contributed by atoms with Gasteiger partial charge in [0.1, 0.15) is 0 Å². The highest BCUT2D eigenvalue weighted by atomic mass is 35.5. The van der Waals surface area contributed by atoms with Gasteiger partial charge < -0.3 is 0 Å². The van der Waals surface area contributed by atoms with E-state index >= 15 is 0 Å². The van der Waals surface area contributed by atoms with Crippen molar-refractivity contribution < 1.29 is 0 Å². The second-order valence-corrected chi connectivity index (χ2v) is 7.22. The summed E-state index contributed by atoms with van der Waals surface area (Å²) in [5.74, 6) is 0.936. The Hall–Kier alpha value is 0.720. The highest BCUT2D eigenvalue weighted by molar-refractivity contribution is 7.19. The fourth-order valence-corrected chi connectivity index (χ4v) is 3.80. The summed E-state index contributed by atoms with van der Waals surface area (Å²) in [6.07, 6.45) is 15.3. The van der Waals surface area contributed by atoms with Crippen LogP contribution in [0, 0.1) is 5.92 Å². The first kappa shape index (κ1) is 22.0. The van der Waals surface area contributed by atoms with E-state index in [0.29, 0.717) is 5.16 Å². The molecule has 0 aromatic heterocycles. The molecule has 0 heterocycles. The minimum absolute atomic E-state index is 0. The lowest BCUT2D eigenvalue weighted by atomic mass is 9.78. The van der Waals surface area contributed by atoms with Crippen LogP contribution in [0.15, 0.2) is 0 Å². The summed E-state index contributed by atoms with van der Waals surface area (Å²) >= 11 is 0. The van der Waals surface area contributed by atoms with E-state index in [2.05, 4.69) is 36.9 Å². The van der Waals surface area contributed by atoms with Gasteiger partial charge in [-0.25, -0.2) is 0 Å². The Bertz CT molecular complexity index is 174. The van der Waals surface area contributed by atoms with E-state index in [1.807, 2.05) is 0 Å². The third kappa shape index (κ3) is 9.30. The molecule has 2 atom stereocenters. The summed E-state index contributed by atoms with van der Waals surface area (Å²) in [6, 6.07) is 0. The SMILES string of the molecule is CCCCC(CCC)C(P)(CCCC)CCCC.Cl. The van der Waals surface area contributed by atoms with Crippen molar-refractivity contribution in [3.63, 3.8) is 0 Å². The van der Waals surface area contributed by atoms with Crippen LogP contribution in [0.5, 0.6) is 0 Å². The molecule has 0 fully saturated rings. The van der Waals surface area contributed by atoms with Crippen LogP contribution in [-0.2, 0) is 0 Å². The van der Waals surface area contributed by atoms with E-state index in [1.54, 1.807) is 0 Å². The largest absolute Gasteiger partial charge is 0.147 e. The zero-order chi connectivity index (χ0) is 13.9. The van der Waals surface area contributed by atoms with E-state index in [4.69, 9.17) is 0 Å². The molecule has 19 heavy (non-hydrogen) atoms. The van der Waals surface area contributed by atoms with Crippen LogP contribution >= 0.6 is 21.6 Å². The van der Waals surface area contributed by atoms with Gasteiger partial charge in [0.05, 0.1) is 0 Å². The number of halogens is 1. The predicted octanol–water partition coefficient (Wildman–Crippen LogP) is 7.01. The molecular formula is C17H38ClP. The summed E-state index contributed by atoms with van der Waals surface area (Å²) < 4.78 is 0. The molecule has 0 rings (SSSR count).